The number of fused-ring (bicyclic) bond motifs is 2. The van der Waals surface area contributed by atoms with Gasteiger partial charge in [0.2, 0.25) is 0 Å². The van der Waals surface area contributed by atoms with Gasteiger partial charge in [0.05, 0.1) is 16.9 Å². The summed E-state index contributed by atoms with van der Waals surface area (Å²) in [6.07, 6.45) is 9.13. The van der Waals surface area contributed by atoms with Crippen LogP contribution in [-0.2, 0) is 6.42 Å². The lowest BCUT2D eigenvalue weighted by atomic mass is 9.91. The van der Waals surface area contributed by atoms with Crippen molar-refractivity contribution in [2.75, 3.05) is 13.1 Å². The number of pyridine rings is 2. The van der Waals surface area contributed by atoms with Gasteiger partial charge in [-0.05, 0) is 91.9 Å². The van der Waals surface area contributed by atoms with Crippen LogP contribution in [0.5, 0.6) is 0 Å². The molecule has 6 nitrogen and oxygen atoms in total. The molecule has 0 amide bonds. The minimum absolute atomic E-state index is 0.291. The predicted octanol–water partition coefficient (Wildman–Crippen LogP) is 6.52. The Morgan fingerprint density at radius 3 is 2.61 bits per heavy atom. The van der Waals surface area contributed by atoms with Gasteiger partial charge in [0.1, 0.15) is 11.5 Å². The van der Waals surface area contributed by atoms with E-state index in [2.05, 4.69) is 54.7 Å². The summed E-state index contributed by atoms with van der Waals surface area (Å²) in [7, 11) is 0. The number of hydrogen-bond acceptors (Lipinski definition) is 4. The Balaban J connectivity index is 1.26. The van der Waals surface area contributed by atoms with E-state index in [0.717, 1.165) is 63.8 Å². The lowest BCUT2D eigenvalue weighted by Gasteiger charge is -2.22. The summed E-state index contributed by atoms with van der Waals surface area (Å²) in [5, 5.41) is 13.1. The van der Waals surface area contributed by atoms with Crippen molar-refractivity contribution in [2.45, 2.75) is 19.3 Å². The molecule has 2 aromatic carbocycles. The maximum Gasteiger partial charge on any atom is 0.132 e. The molecule has 0 aliphatic carbocycles. The third-order valence-electron chi connectivity index (χ3n) is 7.61. The number of halogens is 1. The number of piperidine rings is 1. The van der Waals surface area contributed by atoms with Crippen molar-refractivity contribution in [1.29, 1.82) is 0 Å². The summed E-state index contributed by atoms with van der Waals surface area (Å²) >= 11 is 0. The third kappa shape index (κ3) is 4.15. The molecule has 0 unspecified atom stereocenters. The average Bonchev–Trinajstić information content (AvgIpc) is 3.58. The lowest BCUT2D eigenvalue weighted by Crippen LogP contribution is -2.28. The summed E-state index contributed by atoms with van der Waals surface area (Å²) in [6, 6.07) is 19.3. The van der Waals surface area contributed by atoms with Gasteiger partial charge in [-0.25, -0.2) is 4.39 Å². The molecule has 0 spiro atoms. The highest BCUT2D eigenvalue weighted by atomic mass is 19.1. The second-order valence-corrected chi connectivity index (χ2v) is 10.1. The van der Waals surface area contributed by atoms with Crippen LogP contribution in [0.3, 0.4) is 0 Å². The Morgan fingerprint density at radius 1 is 0.842 bits per heavy atom. The first kappa shape index (κ1) is 22.8. The number of aromatic amines is 2. The molecule has 0 radical (unpaired) electrons. The van der Waals surface area contributed by atoms with E-state index < -0.39 is 0 Å². The second-order valence-electron chi connectivity index (χ2n) is 10.1. The fourth-order valence-corrected chi connectivity index (χ4v) is 5.62. The summed E-state index contributed by atoms with van der Waals surface area (Å²) in [5.74, 6) is 0.420. The van der Waals surface area contributed by atoms with Crippen molar-refractivity contribution < 1.29 is 4.39 Å². The fourth-order valence-electron chi connectivity index (χ4n) is 5.62. The molecule has 0 saturated carbocycles. The van der Waals surface area contributed by atoms with Gasteiger partial charge in [-0.1, -0.05) is 18.2 Å². The van der Waals surface area contributed by atoms with Gasteiger partial charge in [0, 0.05) is 46.0 Å². The Labute approximate surface area is 219 Å². The van der Waals surface area contributed by atoms with Gasteiger partial charge in [0.25, 0.3) is 0 Å². The molecule has 38 heavy (non-hydrogen) atoms. The van der Waals surface area contributed by atoms with Gasteiger partial charge in [-0.3, -0.25) is 15.1 Å². The van der Waals surface area contributed by atoms with Crippen LogP contribution in [0.2, 0.25) is 0 Å². The molecule has 1 saturated heterocycles. The standard InChI is InChI=1S/C31H27FN6/c32-26-4-2-1-3-23(26)30-25-16-29(36-27(25)9-12-35-30)31-24-15-21(5-6-28(24)37-38-31)22-14-20(17-34-18-22)13-19-7-10-33-11-8-19/h1-6,9,12,14-19,33,36H,7-8,10-11,13H2,(H,37,38). The largest absolute Gasteiger partial charge is 0.353 e. The molecule has 1 fully saturated rings. The van der Waals surface area contributed by atoms with Crippen LogP contribution < -0.4 is 5.32 Å². The molecular formula is C31H27FN6. The summed E-state index contributed by atoms with van der Waals surface area (Å²) in [4.78, 5) is 12.5. The zero-order valence-electron chi connectivity index (χ0n) is 20.8. The Kier molecular flexibility index (Phi) is 5.70. The minimum atomic E-state index is -0.291. The van der Waals surface area contributed by atoms with Gasteiger partial charge in [0.15, 0.2) is 0 Å². The molecule has 7 rings (SSSR count). The van der Waals surface area contributed by atoms with E-state index >= 15 is 0 Å². The second kappa shape index (κ2) is 9.50. The van der Waals surface area contributed by atoms with Crippen LogP contribution in [0.1, 0.15) is 18.4 Å². The van der Waals surface area contributed by atoms with Crippen molar-refractivity contribution >= 4 is 21.8 Å². The van der Waals surface area contributed by atoms with Gasteiger partial charge < -0.3 is 10.3 Å². The smallest absolute Gasteiger partial charge is 0.132 e. The number of H-pyrrole nitrogens is 2. The number of hydrogen-bond donors (Lipinski definition) is 3. The van der Waals surface area contributed by atoms with Crippen molar-refractivity contribution in [3.8, 4) is 33.8 Å². The average molecular weight is 503 g/mol. The van der Waals surface area contributed by atoms with E-state index in [-0.39, 0.29) is 5.82 Å². The Morgan fingerprint density at radius 2 is 1.71 bits per heavy atom. The van der Waals surface area contributed by atoms with Crippen LogP contribution in [0.25, 0.3) is 55.6 Å². The number of rotatable bonds is 5. The molecule has 0 atom stereocenters. The topological polar surface area (TPSA) is 82.3 Å². The zero-order valence-corrected chi connectivity index (χ0v) is 20.8. The van der Waals surface area contributed by atoms with Gasteiger partial charge in [-0.2, -0.15) is 5.10 Å². The predicted molar refractivity (Wildman–Crippen MR) is 149 cm³/mol. The van der Waals surface area contributed by atoms with Crippen LogP contribution >= 0.6 is 0 Å². The van der Waals surface area contributed by atoms with Crippen molar-refractivity contribution in [1.82, 2.24) is 30.5 Å². The number of nitrogens with one attached hydrogen (secondary N) is 3. The normalized spacial score (nSPS) is 14.4. The van der Waals surface area contributed by atoms with Crippen LogP contribution in [-0.4, -0.2) is 38.2 Å². The number of nitrogens with zero attached hydrogens (tertiary/aromatic N) is 3. The molecule has 1 aliphatic heterocycles. The molecule has 6 aromatic rings. The fraction of sp³-hybridized carbons (Fsp3) is 0.194. The Hall–Kier alpha value is -4.36. The highest BCUT2D eigenvalue weighted by Crippen LogP contribution is 2.35. The minimum Gasteiger partial charge on any atom is -0.353 e. The van der Waals surface area contributed by atoms with E-state index in [1.54, 1.807) is 18.3 Å². The number of aromatic nitrogens is 5. The van der Waals surface area contributed by atoms with Gasteiger partial charge in [-0.15, -0.1) is 0 Å². The number of benzene rings is 2. The van der Waals surface area contributed by atoms with E-state index in [9.17, 15) is 4.39 Å². The first-order valence-corrected chi connectivity index (χ1v) is 13.1. The molecule has 7 heteroatoms. The van der Waals surface area contributed by atoms with E-state index in [1.807, 2.05) is 30.6 Å². The third-order valence-corrected chi connectivity index (χ3v) is 7.61. The summed E-state index contributed by atoms with van der Waals surface area (Å²) in [5.41, 5.74) is 8.09. The quantitative estimate of drug-likeness (QED) is 0.251. The van der Waals surface area contributed by atoms with Crippen molar-refractivity contribution in [3.63, 3.8) is 0 Å². The molecular weight excluding hydrogens is 475 g/mol. The van der Waals surface area contributed by atoms with Crippen LogP contribution in [0.4, 0.5) is 4.39 Å². The monoisotopic (exact) mass is 502 g/mol. The van der Waals surface area contributed by atoms with Gasteiger partial charge >= 0.3 is 0 Å². The van der Waals surface area contributed by atoms with E-state index in [1.165, 1.54) is 24.5 Å². The van der Waals surface area contributed by atoms with E-state index in [0.29, 0.717) is 17.2 Å². The molecule has 1 aliphatic rings. The first-order valence-electron chi connectivity index (χ1n) is 13.1. The summed E-state index contributed by atoms with van der Waals surface area (Å²) in [6.45, 7) is 2.20. The van der Waals surface area contributed by atoms with Crippen molar-refractivity contribution in [2.24, 2.45) is 5.92 Å². The van der Waals surface area contributed by atoms with E-state index in [4.69, 9.17) is 0 Å². The maximum absolute atomic E-state index is 14.6. The highest BCUT2D eigenvalue weighted by molar-refractivity contribution is 6.00. The molecule has 0 bridgehead atoms. The first-order chi connectivity index (χ1) is 18.7. The summed E-state index contributed by atoms with van der Waals surface area (Å²) < 4.78 is 14.6. The molecule has 188 valence electrons. The molecule has 4 aromatic heterocycles. The van der Waals surface area contributed by atoms with Crippen LogP contribution in [0.15, 0.2) is 79.3 Å². The van der Waals surface area contributed by atoms with Crippen molar-refractivity contribution in [3.05, 3.63) is 90.6 Å². The SMILES string of the molecule is Fc1ccccc1-c1nccc2[nH]c(-c3n[nH]c4ccc(-c5cncc(CC6CCNCC6)c5)cc34)cc12. The molecule has 3 N–H and O–H groups in total. The zero-order chi connectivity index (χ0) is 25.5. The van der Waals surface area contributed by atoms with Crippen LogP contribution in [0, 0.1) is 11.7 Å². The Bertz CT molecular complexity index is 1760. The lowest BCUT2D eigenvalue weighted by molar-refractivity contribution is 0.372. The maximum atomic E-state index is 14.6. The highest BCUT2D eigenvalue weighted by Gasteiger charge is 2.17. The molecule has 5 heterocycles.